The second-order valence-electron chi connectivity index (χ2n) is 7.45. The van der Waals surface area contributed by atoms with Gasteiger partial charge < -0.3 is 4.74 Å². The van der Waals surface area contributed by atoms with E-state index in [2.05, 4.69) is 23.9 Å². The number of benzene rings is 1. The van der Waals surface area contributed by atoms with Gasteiger partial charge in [0.05, 0.1) is 27.5 Å². The van der Waals surface area contributed by atoms with Crippen molar-refractivity contribution in [1.29, 1.82) is 0 Å². The van der Waals surface area contributed by atoms with Gasteiger partial charge in [0.2, 0.25) is 0 Å². The van der Waals surface area contributed by atoms with Crippen LogP contribution in [0, 0.1) is 5.82 Å². The van der Waals surface area contributed by atoms with Gasteiger partial charge in [-0.2, -0.15) is 0 Å². The lowest BCUT2D eigenvalue weighted by molar-refractivity contribution is -0.0705. The van der Waals surface area contributed by atoms with E-state index in [1.165, 1.54) is 17.8 Å². The second-order valence-corrected chi connectivity index (χ2v) is 8.75. The number of nitrogens with zero attached hydrogens (tertiary/aromatic N) is 2. The normalized spacial score (nSPS) is 24.8. The molecule has 0 radical (unpaired) electrons. The number of aliphatic imine (C=N–C) groups is 1. The van der Waals surface area contributed by atoms with Crippen molar-refractivity contribution in [2.45, 2.75) is 50.5 Å². The number of aromatic amines is 1. The van der Waals surface area contributed by atoms with Crippen LogP contribution < -0.4 is 5.56 Å². The first-order valence-corrected chi connectivity index (χ1v) is 9.68. The molecule has 2 aliphatic rings. The number of halogens is 1. The maximum Gasteiger partial charge on any atom is 0.271 e. The van der Waals surface area contributed by atoms with Gasteiger partial charge in [-0.3, -0.25) is 14.6 Å². The molecule has 1 aromatic carbocycles. The molecule has 0 spiro atoms. The standard InChI is InChI=1S/C19H22FN3O2S/c1-11-21-17-15(16(26-11)13-6-4-5-7-14(13)20)18(24)22-23(17)12-8-9-25-19(2,3)10-12/h4-7,12,16H,8-10H2,1-3H3,(H,22,24). The molecule has 138 valence electrons. The van der Waals surface area contributed by atoms with E-state index in [4.69, 9.17) is 4.74 Å². The number of fused-ring (bicyclic) bond motifs is 1. The summed E-state index contributed by atoms with van der Waals surface area (Å²) < 4.78 is 22.1. The van der Waals surface area contributed by atoms with Gasteiger partial charge in [-0.15, -0.1) is 0 Å². The molecule has 4 rings (SSSR count). The van der Waals surface area contributed by atoms with Crippen LogP contribution in [-0.2, 0) is 4.74 Å². The Morgan fingerprint density at radius 3 is 2.88 bits per heavy atom. The molecular formula is C19H22FN3O2S. The SMILES string of the molecule is CC1=Nc2c(c(=O)[nH]n2C2CCOC(C)(C)C2)C(c2ccccc2F)S1. The molecule has 0 bridgehead atoms. The van der Waals surface area contributed by atoms with E-state index < -0.39 is 0 Å². The Balaban J connectivity index is 1.82. The summed E-state index contributed by atoms with van der Waals surface area (Å²) in [6.07, 6.45) is 1.60. The van der Waals surface area contributed by atoms with Gasteiger partial charge in [0.1, 0.15) is 5.82 Å². The quantitative estimate of drug-likeness (QED) is 0.850. The average molecular weight is 375 g/mol. The third-order valence-corrected chi connectivity index (χ3v) is 6.13. The highest BCUT2D eigenvalue weighted by atomic mass is 32.2. The summed E-state index contributed by atoms with van der Waals surface area (Å²) in [5, 5.41) is 3.40. The molecule has 1 aromatic heterocycles. The van der Waals surface area contributed by atoms with Gasteiger partial charge in [0, 0.05) is 12.2 Å². The lowest BCUT2D eigenvalue weighted by Gasteiger charge is -2.36. The zero-order valence-corrected chi connectivity index (χ0v) is 15.9. The first-order chi connectivity index (χ1) is 12.4. The molecule has 0 saturated carbocycles. The zero-order valence-electron chi connectivity index (χ0n) is 15.1. The number of hydrogen-bond acceptors (Lipinski definition) is 4. The molecule has 2 unspecified atom stereocenters. The van der Waals surface area contributed by atoms with Crippen molar-refractivity contribution in [3.63, 3.8) is 0 Å². The van der Waals surface area contributed by atoms with Crippen molar-refractivity contribution in [1.82, 2.24) is 9.78 Å². The fraction of sp³-hybridized carbons (Fsp3) is 0.474. The fourth-order valence-corrected chi connectivity index (χ4v) is 4.93. The van der Waals surface area contributed by atoms with Gasteiger partial charge in [0.25, 0.3) is 5.56 Å². The van der Waals surface area contributed by atoms with Crippen LogP contribution in [0.3, 0.4) is 0 Å². The lowest BCUT2D eigenvalue weighted by atomic mass is 9.94. The molecule has 0 amide bonds. The second kappa shape index (κ2) is 6.39. The molecular weight excluding hydrogens is 353 g/mol. The highest BCUT2D eigenvalue weighted by Crippen LogP contribution is 2.46. The summed E-state index contributed by atoms with van der Waals surface area (Å²) >= 11 is 1.42. The topological polar surface area (TPSA) is 59.4 Å². The van der Waals surface area contributed by atoms with E-state index in [-0.39, 0.29) is 28.3 Å². The van der Waals surface area contributed by atoms with E-state index in [0.29, 0.717) is 23.6 Å². The summed E-state index contributed by atoms with van der Waals surface area (Å²) in [6, 6.07) is 6.74. The predicted molar refractivity (Wildman–Crippen MR) is 102 cm³/mol. The number of nitrogens with one attached hydrogen (secondary N) is 1. The van der Waals surface area contributed by atoms with E-state index >= 15 is 0 Å². The van der Waals surface area contributed by atoms with Crippen LogP contribution in [0.1, 0.15) is 56.0 Å². The summed E-state index contributed by atoms with van der Waals surface area (Å²) in [5.41, 5.74) is 0.615. The van der Waals surface area contributed by atoms with Gasteiger partial charge in [0.15, 0.2) is 5.82 Å². The van der Waals surface area contributed by atoms with Crippen LogP contribution in [0.5, 0.6) is 0 Å². The highest BCUT2D eigenvalue weighted by molar-refractivity contribution is 8.14. The van der Waals surface area contributed by atoms with E-state index in [0.717, 1.165) is 17.9 Å². The lowest BCUT2D eigenvalue weighted by Crippen LogP contribution is -2.35. The molecule has 1 saturated heterocycles. The highest BCUT2D eigenvalue weighted by Gasteiger charge is 2.36. The summed E-state index contributed by atoms with van der Waals surface area (Å²) in [7, 11) is 0. The molecule has 1 fully saturated rings. The van der Waals surface area contributed by atoms with Crippen LogP contribution in [-0.4, -0.2) is 27.0 Å². The average Bonchev–Trinajstić information content (AvgIpc) is 2.90. The van der Waals surface area contributed by atoms with E-state index in [1.807, 2.05) is 11.6 Å². The first-order valence-electron chi connectivity index (χ1n) is 8.80. The fourth-order valence-electron chi connectivity index (χ4n) is 3.80. The smallest absolute Gasteiger partial charge is 0.271 e. The predicted octanol–water partition coefficient (Wildman–Crippen LogP) is 4.33. The van der Waals surface area contributed by atoms with Crippen LogP contribution in [0.4, 0.5) is 10.2 Å². The van der Waals surface area contributed by atoms with Crippen LogP contribution in [0.2, 0.25) is 0 Å². The maximum absolute atomic E-state index is 14.4. The number of rotatable bonds is 2. The number of aromatic nitrogens is 2. The maximum atomic E-state index is 14.4. The largest absolute Gasteiger partial charge is 0.375 e. The van der Waals surface area contributed by atoms with E-state index in [1.54, 1.807) is 18.2 Å². The zero-order chi connectivity index (χ0) is 18.5. The Morgan fingerprint density at radius 2 is 2.15 bits per heavy atom. The summed E-state index contributed by atoms with van der Waals surface area (Å²) in [5.74, 6) is 0.326. The minimum Gasteiger partial charge on any atom is -0.375 e. The van der Waals surface area contributed by atoms with Gasteiger partial charge in [-0.1, -0.05) is 30.0 Å². The Labute approximate surface area is 155 Å². The Hall–Kier alpha value is -1.86. The molecule has 2 aliphatic heterocycles. The number of ether oxygens (including phenoxy) is 1. The molecule has 1 N–H and O–H groups in total. The van der Waals surface area contributed by atoms with Crippen molar-refractivity contribution in [2.24, 2.45) is 4.99 Å². The van der Waals surface area contributed by atoms with Crippen LogP contribution in [0.25, 0.3) is 0 Å². The van der Waals surface area contributed by atoms with Gasteiger partial charge in [-0.25, -0.2) is 9.38 Å². The van der Waals surface area contributed by atoms with Crippen molar-refractivity contribution in [2.75, 3.05) is 6.61 Å². The van der Waals surface area contributed by atoms with Crippen molar-refractivity contribution >= 4 is 22.6 Å². The molecule has 3 heterocycles. The Morgan fingerprint density at radius 1 is 1.38 bits per heavy atom. The number of hydrogen-bond donors (Lipinski definition) is 1. The number of thioether (sulfide) groups is 1. The number of H-pyrrole nitrogens is 1. The Bertz CT molecular complexity index is 931. The van der Waals surface area contributed by atoms with Crippen molar-refractivity contribution < 1.29 is 9.13 Å². The van der Waals surface area contributed by atoms with Gasteiger partial charge in [-0.05, 0) is 39.7 Å². The molecule has 5 nitrogen and oxygen atoms in total. The first kappa shape index (κ1) is 17.5. The third kappa shape index (κ3) is 3.03. The van der Waals surface area contributed by atoms with Crippen molar-refractivity contribution in [3.05, 3.63) is 51.6 Å². The minimum atomic E-state index is -0.387. The van der Waals surface area contributed by atoms with Crippen molar-refractivity contribution in [3.8, 4) is 0 Å². The van der Waals surface area contributed by atoms with Gasteiger partial charge >= 0.3 is 0 Å². The van der Waals surface area contributed by atoms with Crippen LogP contribution in [0.15, 0.2) is 34.1 Å². The molecule has 7 heteroatoms. The summed E-state index contributed by atoms with van der Waals surface area (Å²) in [4.78, 5) is 17.4. The molecule has 0 aliphatic carbocycles. The van der Waals surface area contributed by atoms with E-state index in [9.17, 15) is 9.18 Å². The molecule has 2 atom stereocenters. The monoisotopic (exact) mass is 375 g/mol. The Kier molecular flexibility index (Phi) is 4.31. The molecule has 2 aromatic rings. The third-order valence-electron chi connectivity index (χ3n) is 4.97. The van der Waals surface area contributed by atoms with Crippen LogP contribution >= 0.6 is 11.8 Å². The molecule has 26 heavy (non-hydrogen) atoms. The summed E-state index contributed by atoms with van der Waals surface area (Å²) in [6.45, 7) is 6.65. The minimum absolute atomic E-state index is 0.108.